The third-order valence-electron chi connectivity index (χ3n) is 7.65. The van der Waals surface area contributed by atoms with E-state index in [1.165, 1.54) is 47.6 Å². The maximum atomic E-state index is 2.57. The topological polar surface area (TPSA) is 4.93 Å². The quantitative estimate of drug-likeness (QED) is 0.162. The summed E-state index contributed by atoms with van der Waals surface area (Å²) in [6.45, 7) is 14.9. The van der Waals surface area contributed by atoms with E-state index in [1.807, 2.05) is 22.7 Å². The van der Waals surface area contributed by atoms with E-state index in [0.717, 1.165) is 19.4 Å². The molecule has 0 spiro atoms. The van der Waals surface area contributed by atoms with Crippen LogP contribution in [-0.2, 0) is 23.8 Å². The van der Waals surface area contributed by atoms with Crippen LogP contribution in [0.25, 0.3) is 31.6 Å². The summed E-state index contributed by atoms with van der Waals surface area (Å²) in [5.74, 6) is 0. The first-order valence-electron chi connectivity index (χ1n) is 14.0. The van der Waals surface area contributed by atoms with Crippen molar-refractivity contribution in [3.63, 3.8) is 0 Å². The molecule has 0 aliphatic rings. The van der Waals surface area contributed by atoms with Crippen molar-refractivity contribution in [3.8, 4) is 9.75 Å². The molecule has 0 N–H and O–H groups in total. The predicted molar refractivity (Wildman–Crippen MR) is 176 cm³/mol. The van der Waals surface area contributed by atoms with Gasteiger partial charge in [0.2, 0.25) is 0 Å². The zero-order valence-electron chi connectivity index (χ0n) is 24.7. The van der Waals surface area contributed by atoms with Crippen molar-refractivity contribution in [3.05, 3.63) is 76.7 Å². The summed E-state index contributed by atoms with van der Waals surface area (Å²) in [7, 11) is 0. The fourth-order valence-electron chi connectivity index (χ4n) is 5.21. The first kappa shape index (κ1) is 28.0. The van der Waals surface area contributed by atoms with E-state index in [1.54, 1.807) is 2.89 Å². The molecule has 0 radical (unpaired) electrons. The molecule has 200 valence electrons. The predicted octanol–water partition coefficient (Wildman–Crippen LogP) is 10.4. The molecule has 4 heteroatoms. The molecule has 3 aromatic heterocycles. The van der Waals surface area contributed by atoms with Crippen molar-refractivity contribution < 1.29 is 0 Å². The SMILES string of the molecule is CC(C)(C)c1ccc2c(c1)c1cc(C(C)(C)C)ccc1n2CCCc1ccc(-c2cc[c]([Sn]([CH3])([CH3])[CH3])s2)s1. The number of hydrogen-bond acceptors (Lipinski definition) is 2. The molecular formula is C34H43NS2Sn. The summed E-state index contributed by atoms with van der Waals surface area (Å²) < 4.78 is 4.24. The monoisotopic (exact) mass is 649 g/mol. The van der Waals surface area contributed by atoms with Gasteiger partial charge in [0.25, 0.3) is 0 Å². The van der Waals surface area contributed by atoms with Crippen LogP contribution in [0, 0.1) is 0 Å². The van der Waals surface area contributed by atoms with Gasteiger partial charge in [-0.1, -0.05) is 53.7 Å². The van der Waals surface area contributed by atoms with Crippen LogP contribution in [0.4, 0.5) is 0 Å². The molecule has 0 bridgehead atoms. The van der Waals surface area contributed by atoms with Gasteiger partial charge in [0.1, 0.15) is 0 Å². The average Bonchev–Trinajstić information content (AvgIpc) is 3.55. The Kier molecular flexibility index (Phi) is 7.45. The van der Waals surface area contributed by atoms with Gasteiger partial charge in [0.05, 0.1) is 0 Å². The zero-order chi connectivity index (χ0) is 27.5. The zero-order valence-corrected chi connectivity index (χ0v) is 29.1. The van der Waals surface area contributed by atoms with E-state index >= 15 is 0 Å². The van der Waals surface area contributed by atoms with Crippen molar-refractivity contribution in [1.29, 1.82) is 0 Å². The molecule has 0 fully saturated rings. The normalized spacial score (nSPS) is 13.2. The number of thiophene rings is 2. The Bertz CT molecular complexity index is 1520. The molecule has 0 aliphatic carbocycles. The Morgan fingerprint density at radius 1 is 0.658 bits per heavy atom. The molecule has 0 saturated carbocycles. The van der Waals surface area contributed by atoms with Gasteiger partial charge in [-0.3, -0.25) is 0 Å². The fraction of sp³-hybridized carbons (Fsp3) is 0.412. The van der Waals surface area contributed by atoms with Crippen LogP contribution in [0.15, 0.2) is 60.7 Å². The summed E-state index contributed by atoms with van der Waals surface area (Å²) in [5, 5.41) is 2.80. The number of rotatable bonds is 6. The minimum atomic E-state index is -1.99. The van der Waals surface area contributed by atoms with Crippen LogP contribution in [0.5, 0.6) is 0 Å². The summed E-state index contributed by atoms with van der Waals surface area (Å²) in [4.78, 5) is 11.9. The molecule has 0 saturated heterocycles. The molecule has 0 atom stereocenters. The Labute approximate surface area is 241 Å². The van der Waals surface area contributed by atoms with Gasteiger partial charge in [-0.2, -0.15) is 0 Å². The van der Waals surface area contributed by atoms with Crippen LogP contribution in [0.1, 0.15) is 64.0 Å². The van der Waals surface area contributed by atoms with Crippen molar-refractivity contribution >= 4 is 65.7 Å². The Morgan fingerprint density at radius 2 is 1.18 bits per heavy atom. The second-order valence-electron chi connectivity index (χ2n) is 13.9. The van der Waals surface area contributed by atoms with Crippen LogP contribution in [-0.4, -0.2) is 22.9 Å². The summed E-state index contributed by atoms with van der Waals surface area (Å²) in [6, 6.07) is 23.8. The van der Waals surface area contributed by atoms with Gasteiger partial charge >= 0.3 is 156 Å². The van der Waals surface area contributed by atoms with E-state index in [0.29, 0.717) is 0 Å². The summed E-state index contributed by atoms with van der Waals surface area (Å²) in [5.41, 5.74) is 5.82. The standard InChI is InChI=1S/C31H34NS2.3CH3.Sn/c1-30(2,3)21-11-14-26-24(19-21)25-20-22(31(4,5)6)12-15-27(25)32(26)17-7-9-23-13-16-29(34-23)28-10-8-18-33-28;;;;/h8,10-16,19-20H,7,9,17H2,1-6H3;3*1H3;. The molecule has 0 amide bonds. The number of aryl methyl sites for hydroxylation is 2. The molecular weight excluding hydrogens is 605 g/mol. The Morgan fingerprint density at radius 3 is 1.68 bits per heavy atom. The summed E-state index contributed by atoms with van der Waals surface area (Å²) >= 11 is 2.03. The van der Waals surface area contributed by atoms with Crippen molar-refractivity contribution in [2.45, 2.75) is 86.6 Å². The van der Waals surface area contributed by atoms with Crippen LogP contribution < -0.4 is 2.89 Å². The second kappa shape index (κ2) is 10.1. The summed E-state index contributed by atoms with van der Waals surface area (Å²) in [6.07, 6.45) is 2.28. The van der Waals surface area contributed by atoms with E-state index in [4.69, 9.17) is 0 Å². The number of hydrogen-bond donors (Lipinski definition) is 0. The van der Waals surface area contributed by atoms with E-state index in [-0.39, 0.29) is 10.8 Å². The third kappa shape index (κ3) is 5.67. The van der Waals surface area contributed by atoms with Gasteiger partial charge in [0.15, 0.2) is 0 Å². The number of nitrogens with zero attached hydrogens (tertiary/aromatic N) is 1. The van der Waals surface area contributed by atoms with E-state index in [2.05, 4.69) is 122 Å². The molecule has 38 heavy (non-hydrogen) atoms. The molecule has 2 aromatic carbocycles. The van der Waals surface area contributed by atoms with Gasteiger partial charge in [-0.05, 0) is 34.1 Å². The first-order chi connectivity index (χ1) is 17.7. The molecule has 5 rings (SSSR count). The molecule has 3 heterocycles. The molecule has 5 aromatic rings. The third-order valence-corrected chi connectivity index (χ3v) is 19.6. The van der Waals surface area contributed by atoms with E-state index < -0.39 is 18.4 Å². The fourth-order valence-corrected chi connectivity index (χ4v) is 12.6. The Hall–Kier alpha value is -1.56. The van der Waals surface area contributed by atoms with Gasteiger partial charge in [-0.25, -0.2) is 0 Å². The van der Waals surface area contributed by atoms with Crippen LogP contribution >= 0.6 is 22.7 Å². The van der Waals surface area contributed by atoms with Gasteiger partial charge in [0, 0.05) is 0 Å². The van der Waals surface area contributed by atoms with Crippen LogP contribution in [0.3, 0.4) is 0 Å². The van der Waals surface area contributed by atoms with Gasteiger partial charge < -0.3 is 0 Å². The van der Waals surface area contributed by atoms with Crippen LogP contribution in [0.2, 0.25) is 14.8 Å². The van der Waals surface area contributed by atoms with Crippen molar-refractivity contribution in [1.82, 2.24) is 4.57 Å². The molecule has 0 aliphatic heterocycles. The van der Waals surface area contributed by atoms with Gasteiger partial charge in [-0.15, -0.1) is 0 Å². The second-order valence-corrected chi connectivity index (χ2v) is 31.6. The minimum absolute atomic E-state index is 0.140. The number of fused-ring (bicyclic) bond motifs is 3. The number of aromatic nitrogens is 1. The molecule has 0 unspecified atom stereocenters. The molecule has 1 nitrogen and oxygen atoms in total. The maximum absolute atomic E-state index is 2.57. The Balaban J connectivity index is 1.42. The first-order valence-corrected chi connectivity index (χ1v) is 25.6. The van der Waals surface area contributed by atoms with E-state index in [9.17, 15) is 0 Å². The van der Waals surface area contributed by atoms with Crippen molar-refractivity contribution in [2.24, 2.45) is 0 Å². The average molecular weight is 649 g/mol. The number of benzene rings is 2. The van der Waals surface area contributed by atoms with Crippen molar-refractivity contribution in [2.75, 3.05) is 0 Å².